The summed E-state index contributed by atoms with van der Waals surface area (Å²) in [7, 11) is 0. The molecule has 0 heterocycles. The van der Waals surface area contributed by atoms with Crippen LogP contribution in [0.15, 0.2) is 42.5 Å². The molecule has 0 saturated carbocycles. The molecule has 4 nitrogen and oxygen atoms in total. The minimum absolute atomic E-state index is 0.0401. The number of terminal acetylenes is 1. The van der Waals surface area contributed by atoms with E-state index in [0.717, 1.165) is 0 Å². The average Bonchev–Trinajstić information content (AvgIpc) is 2.47. The molecule has 6 heteroatoms. The van der Waals surface area contributed by atoms with Gasteiger partial charge in [-0.2, -0.15) is 0 Å². The molecule has 0 unspecified atom stereocenters. The molecule has 0 bridgehead atoms. The first-order valence-corrected chi connectivity index (χ1v) is 6.90. The van der Waals surface area contributed by atoms with Crippen LogP contribution in [-0.2, 0) is 0 Å². The molecule has 0 aliphatic rings. The predicted octanol–water partition coefficient (Wildman–Crippen LogP) is 3.94. The van der Waals surface area contributed by atoms with Gasteiger partial charge in [-0.25, -0.2) is 4.79 Å². The highest BCUT2D eigenvalue weighted by atomic mass is 35.5. The molecule has 0 radical (unpaired) electrons. The Kier molecular flexibility index (Phi) is 5.05. The molecule has 2 aromatic rings. The number of urea groups is 1. The molecule has 2 rings (SSSR count). The maximum atomic E-state index is 12.0. The standard InChI is InChI=1S/C16H10Cl2N2O2/c1-2-10-5-3-6-11(9-10)19-16(22)20-15(21)14-12(17)7-4-8-13(14)18/h1,3-9H,(H2,19,20,21,22). The van der Waals surface area contributed by atoms with Gasteiger partial charge in [0, 0.05) is 11.3 Å². The number of halogens is 2. The Morgan fingerprint density at radius 2 is 1.68 bits per heavy atom. The van der Waals surface area contributed by atoms with Crippen molar-refractivity contribution in [1.82, 2.24) is 5.32 Å². The van der Waals surface area contributed by atoms with Crippen molar-refractivity contribution in [3.8, 4) is 12.3 Å². The normalized spacial score (nSPS) is 9.68. The number of hydrogen-bond acceptors (Lipinski definition) is 2. The van der Waals surface area contributed by atoms with Gasteiger partial charge >= 0.3 is 6.03 Å². The lowest BCUT2D eigenvalue weighted by molar-refractivity contribution is 0.0967. The topological polar surface area (TPSA) is 58.2 Å². The van der Waals surface area contributed by atoms with E-state index >= 15 is 0 Å². The van der Waals surface area contributed by atoms with E-state index in [0.29, 0.717) is 11.3 Å². The van der Waals surface area contributed by atoms with Gasteiger partial charge in [-0.05, 0) is 30.3 Å². The van der Waals surface area contributed by atoms with Crippen molar-refractivity contribution in [2.75, 3.05) is 5.32 Å². The Balaban J connectivity index is 2.09. The molecule has 0 aliphatic heterocycles. The molecule has 0 aromatic heterocycles. The number of amides is 3. The molecule has 0 atom stereocenters. The molecular weight excluding hydrogens is 323 g/mol. The summed E-state index contributed by atoms with van der Waals surface area (Å²) >= 11 is 11.8. The van der Waals surface area contributed by atoms with Crippen molar-refractivity contribution in [2.24, 2.45) is 0 Å². The van der Waals surface area contributed by atoms with E-state index in [4.69, 9.17) is 29.6 Å². The molecule has 22 heavy (non-hydrogen) atoms. The van der Waals surface area contributed by atoms with Gasteiger partial charge in [0.05, 0.1) is 15.6 Å². The lowest BCUT2D eigenvalue weighted by atomic mass is 10.2. The smallest absolute Gasteiger partial charge is 0.308 e. The summed E-state index contributed by atoms with van der Waals surface area (Å²) in [6.45, 7) is 0. The first-order chi connectivity index (χ1) is 10.5. The van der Waals surface area contributed by atoms with Gasteiger partial charge in [0.15, 0.2) is 0 Å². The Morgan fingerprint density at radius 3 is 2.32 bits per heavy atom. The Labute approximate surface area is 137 Å². The second-order valence-corrected chi connectivity index (χ2v) is 5.04. The van der Waals surface area contributed by atoms with Crippen molar-refractivity contribution in [3.63, 3.8) is 0 Å². The third-order valence-corrected chi connectivity index (χ3v) is 3.33. The number of imide groups is 1. The van der Waals surface area contributed by atoms with Crippen molar-refractivity contribution < 1.29 is 9.59 Å². The fourth-order valence-corrected chi connectivity index (χ4v) is 2.30. The number of carbonyl (C=O) groups excluding carboxylic acids is 2. The molecule has 0 saturated heterocycles. The Morgan fingerprint density at radius 1 is 1.05 bits per heavy atom. The minimum atomic E-state index is -0.713. The summed E-state index contributed by atoms with van der Waals surface area (Å²) in [5.74, 6) is 1.76. The van der Waals surface area contributed by atoms with Crippen LogP contribution in [0.5, 0.6) is 0 Å². The summed E-state index contributed by atoms with van der Waals surface area (Å²) in [6.07, 6.45) is 5.28. The minimum Gasteiger partial charge on any atom is -0.308 e. The van der Waals surface area contributed by atoms with Gasteiger partial charge in [-0.3, -0.25) is 10.1 Å². The highest BCUT2D eigenvalue weighted by Crippen LogP contribution is 2.23. The Hall–Kier alpha value is -2.48. The van der Waals surface area contributed by atoms with E-state index in [9.17, 15) is 9.59 Å². The second-order valence-electron chi connectivity index (χ2n) is 4.23. The third-order valence-electron chi connectivity index (χ3n) is 2.70. The van der Waals surface area contributed by atoms with Crippen LogP contribution in [0, 0.1) is 12.3 Å². The summed E-state index contributed by atoms with van der Waals surface area (Å²) in [4.78, 5) is 23.9. The number of anilines is 1. The summed E-state index contributed by atoms with van der Waals surface area (Å²) in [6, 6.07) is 10.6. The quantitative estimate of drug-likeness (QED) is 0.818. The third kappa shape index (κ3) is 3.79. The maximum Gasteiger partial charge on any atom is 0.326 e. The van der Waals surface area contributed by atoms with Crippen LogP contribution in [0.3, 0.4) is 0 Å². The second kappa shape index (κ2) is 6.99. The van der Waals surface area contributed by atoms with Crippen molar-refractivity contribution in [3.05, 3.63) is 63.6 Å². The number of rotatable bonds is 2. The van der Waals surface area contributed by atoms with Gasteiger partial charge in [-0.15, -0.1) is 6.42 Å². The van der Waals surface area contributed by atoms with Crippen molar-refractivity contribution >= 4 is 40.8 Å². The number of carbonyl (C=O) groups is 2. The average molecular weight is 333 g/mol. The Bertz CT molecular complexity index is 762. The van der Waals surface area contributed by atoms with E-state index in [-0.39, 0.29) is 15.6 Å². The van der Waals surface area contributed by atoms with E-state index in [1.807, 2.05) is 0 Å². The lowest BCUT2D eigenvalue weighted by Gasteiger charge is -2.09. The molecular formula is C16H10Cl2N2O2. The fourth-order valence-electron chi connectivity index (χ4n) is 1.73. The van der Waals surface area contributed by atoms with Gasteiger partial charge < -0.3 is 5.32 Å². The molecule has 0 aliphatic carbocycles. The molecule has 0 fully saturated rings. The van der Waals surface area contributed by atoms with Crippen LogP contribution in [0.2, 0.25) is 10.0 Å². The fraction of sp³-hybridized carbons (Fsp3) is 0. The number of hydrogen-bond donors (Lipinski definition) is 2. The number of nitrogens with one attached hydrogen (secondary N) is 2. The van der Waals surface area contributed by atoms with Crippen LogP contribution in [0.4, 0.5) is 10.5 Å². The van der Waals surface area contributed by atoms with E-state index in [2.05, 4.69) is 16.6 Å². The molecule has 2 aromatic carbocycles. The van der Waals surface area contributed by atoms with Crippen LogP contribution in [0.25, 0.3) is 0 Å². The predicted molar refractivity (Wildman–Crippen MR) is 87.3 cm³/mol. The first-order valence-electron chi connectivity index (χ1n) is 6.14. The van der Waals surface area contributed by atoms with Gasteiger partial charge in [0.1, 0.15) is 0 Å². The molecule has 110 valence electrons. The number of benzene rings is 2. The summed E-state index contributed by atoms with van der Waals surface area (Å²) in [5.41, 5.74) is 1.11. The van der Waals surface area contributed by atoms with Gasteiger partial charge in [0.25, 0.3) is 5.91 Å². The molecule has 0 spiro atoms. The van der Waals surface area contributed by atoms with E-state index < -0.39 is 11.9 Å². The van der Waals surface area contributed by atoms with Crippen LogP contribution in [0.1, 0.15) is 15.9 Å². The lowest BCUT2D eigenvalue weighted by Crippen LogP contribution is -2.34. The van der Waals surface area contributed by atoms with Crippen molar-refractivity contribution in [1.29, 1.82) is 0 Å². The zero-order valence-corrected chi connectivity index (χ0v) is 12.7. The highest BCUT2D eigenvalue weighted by Gasteiger charge is 2.17. The van der Waals surface area contributed by atoms with E-state index in [1.165, 1.54) is 12.1 Å². The zero-order valence-electron chi connectivity index (χ0n) is 11.2. The molecule has 3 amide bonds. The largest absolute Gasteiger partial charge is 0.326 e. The van der Waals surface area contributed by atoms with Crippen LogP contribution in [-0.4, -0.2) is 11.9 Å². The van der Waals surface area contributed by atoms with Crippen LogP contribution >= 0.6 is 23.2 Å². The van der Waals surface area contributed by atoms with Crippen molar-refractivity contribution in [2.45, 2.75) is 0 Å². The summed E-state index contributed by atoms with van der Waals surface area (Å²) < 4.78 is 0. The van der Waals surface area contributed by atoms with E-state index in [1.54, 1.807) is 30.3 Å². The highest BCUT2D eigenvalue weighted by molar-refractivity contribution is 6.40. The SMILES string of the molecule is C#Cc1cccc(NC(=O)NC(=O)c2c(Cl)cccc2Cl)c1. The maximum absolute atomic E-state index is 12.0. The van der Waals surface area contributed by atoms with Gasteiger partial charge in [0.2, 0.25) is 0 Å². The zero-order chi connectivity index (χ0) is 16.1. The first kappa shape index (κ1) is 15.9. The molecule has 2 N–H and O–H groups in total. The van der Waals surface area contributed by atoms with Crippen LogP contribution < -0.4 is 10.6 Å². The monoisotopic (exact) mass is 332 g/mol. The van der Waals surface area contributed by atoms with Gasteiger partial charge in [-0.1, -0.05) is 41.3 Å². The summed E-state index contributed by atoms with van der Waals surface area (Å²) in [5, 5.41) is 4.98.